The Morgan fingerprint density at radius 1 is 0.467 bits per heavy atom. The summed E-state index contributed by atoms with van der Waals surface area (Å²) in [4.78, 5) is 19.9. The van der Waals surface area contributed by atoms with Gasteiger partial charge in [0.2, 0.25) is 0 Å². The third-order valence-corrected chi connectivity index (χ3v) is 15.3. The van der Waals surface area contributed by atoms with Gasteiger partial charge in [0.05, 0.1) is 0 Å². The summed E-state index contributed by atoms with van der Waals surface area (Å²) in [5.74, 6) is 0. The maximum atomic E-state index is 3.84. The van der Waals surface area contributed by atoms with E-state index in [0.29, 0.717) is 0 Å². The Balaban J connectivity index is 0.000000518. The van der Waals surface area contributed by atoms with E-state index in [0.717, 1.165) is 0 Å². The minimum atomic E-state index is -0.842. The predicted molar refractivity (Wildman–Crippen MR) is 152 cm³/mol. The molecule has 0 fully saturated rings. The van der Waals surface area contributed by atoms with Crippen LogP contribution in [-0.2, 0) is 29.8 Å². The molecule has 0 bridgehead atoms. The molecular formula is C24H40INiSb4. The molecule has 2 aromatic carbocycles. The number of halogens is 1. The van der Waals surface area contributed by atoms with Crippen LogP contribution < -0.4 is 0 Å². The van der Waals surface area contributed by atoms with Crippen LogP contribution in [0.5, 0.6) is 0 Å². The van der Waals surface area contributed by atoms with E-state index in [-0.39, 0.29) is 0 Å². The summed E-state index contributed by atoms with van der Waals surface area (Å²) in [6.45, 7) is 0. The number of hydrogen-bond donors (Lipinski definition) is 0. The van der Waals surface area contributed by atoms with E-state index in [2.05, 4.69) is 99.8 Å². The molecule has 0 unspecified atom stereocenters. The van der Waals surface area contributed by atoms with Gasteiger partial charge in [-0.1, -0.05) is 0 Å². The van der Waals surface area contributed by atoms with E-state index < -0.39 is 80.8 Å². The molecule has 0 nitrogen and oxygen atoms in total. The molecule has 2 aromatic rings. The van der Waals surface area contributed by atoms with E-state index in [1.54, 1.807) is 42.7 Å². The fraction of sp³-hybridized carbons (Fsp3) is 0.500. The van der Waals surface area contributed by atoms with Gasteiger partial charge in [-0.05, 0) is 0 Å². The van der Waals surface area contributed by atoms with Gasteiger partial charge < -0.3 is 0 Å². The predicted octanol–water partition coefficient (Wildman–Crippen LogP) is 7.60. The molecule has 173 valence electrons. The number of hydrogen-bond acceptors (Lipinski definition) is 0. The van der Waals surface area contributed by atoms with Crippen LogP contribution in [-0.4, -0.2) is 80.8 Å². The Bertz CT molecular complexity index is 573. The fourth-order valence-corrected chi connectivity index (χ4v) is 14.4. The molecule has 0 atom stereocenters. The molecule has 0 amide bonds. The van der Waals surface area contributed by atoms with Crippen LogP contribution in [0, 0.1) is 0 Å². The van der Waals surface area contributed by atoms with Crippen LogP contribution >= 0.6 is 20.5 Å². The summed E-state index contributed by atoms with van der Waals surface area (Å²) in [5, 5.41) is 0. The summed E-state index contributed by atoms with van der Waals surface area (Å²) in [6.07, 6.45) is 0. The second-order valence-corrected chi connectivity index (χ2v) is 36.8. The van der Waals surface area contributed by atoms with Crippen LogP contribution in [0.25, 0.3) is 0 Å². The van der Waals surface area contributed by atoms with Gasteiger partial charge in [-0.25, -0.2) is 0 Å². The van der Waals surface area contributed by atoms with Crippen molar-refractivity contribution >= 4 is 101 Å². The standard InChI is InChI=1S/2C8H8.8CH3.HI.Ni.4Sb/c2*1-7-5-3-4-6-8(7)2;;;;;;;;;;;;;;/h2*3-6H,1-2H2;8*1H3;1H;;;;;/q;;;;;;;;;;;+1;;;;/p-1. The Kier molecular flexibility index (Phi) is 22.1. The fourth-order valence-electron chi connectivity index (χ4n) is 3.09. The van der Waals surface area contributed by atoms with Gasteiger partial charge in [0.25, 0.3) is 0 Å². The molecule has 0 aliphatic rings. The monoisotopic (exact) mass is 997 g/mol. The first-order valence-corrected chi connectivity index (χ1v) is 40.9. The maximum absolute atomic E-state index is 3.84. The van der Waals surface area contributed by atoms with Gasteiger partial charge in [0, 0.05) is 0 Å². The van der Waals surface area contributed by atoms with Crippen molar-refractivity contribution in [1.29, 1.82) is 0 Å². The van der Waals surface area contributed by atoms with Crippen molar-refractivity contribution < 1.29 is 12.3 Å². The van der Waals surface area contributed by atoms with E-state index in [4.69, 9.17) is 0 Å². The van der Waals surface area contributed by atoms with Gasteiger partial charge >= 0.3 is 241 Å². The molecule has 0 heterocycles. The molecule has 0 aliphatic carbocycles. The van der Waals surface area contributed by atoms with Crippen molar-refractivity contribution in [3.63, 3.8) is 0 Å². The Labute approximate surface area is 236 Å². The third kappa shape index (κ3) is 16.5. The normalized spacial score (nSPS) is 10.8. The number of rotatable bonds is 8. The minimum absolute atomic E-state index is 0.842. The van der Waals surface area contributed by atoms with Gasteiger partial charge in [-0.15, -0.1) is 0 Å². The average Bonchev–Trinajstić information content (AvgIpc) is 2.66. The first kappa shape index (κ1) is 32.9. The topological polar surface area (TPSA) is 0 Å². The summed E-state index contributed by atoms with van der Waals surface area (Å²) >= 11 is 2.25. The Morgan fingerprint density at radius 3 is 0.767 bits per heavy atom. The second kappa shape index (κ2) is 20.2. The van der Waals surface area contributed by atoms with E-state index in [9.17, 15) is 0 Å². The third-order valence-electron chi connectivity index (χ3n) is 4.18. The first-order valence-electron chi connectivity index (χ1n) is 10.0. The molecule has 6 heteroatoms. The van der Waals surface area contributed by atoms with E-state index in [1.165, 1.54) is 17.5 Å². The average molecular weight is 1000 g/mol. The van der Waals surface area contributed by atoms with Crippen molar-refractivity contribution in [2.24, 2.45) is 0 Å². The van der Waals surface area contributed by atoms with E-state index >= 15 is 0 Å². The summed E-state index contributed by atoms with van der Waals surface area (Å²) in [7, 11) is 0. The van der Waals surface area contributed by atoms with Crippen LogP contribution in [0.2, 0.25) is 39.0 Å². The molecule has 0 saturated heterocycles. The molecular weight excluding hydrogens is 961 g/mol. The van der Waals surface area contributed by atoms with Crippen LogP contribution in [0.4, 0.5) is 0 Å². The zero-order valence-corrected chi connectivity index (χ0v) is 33.3. The molecule has 0 spiro atoms. The molecule has 0 radical (unpaired) electrons. The SMILES string of the molecule is [CH3][Sb]([CH3])[CH2]c1ccccc1[CH2][Sb]([CH3])[CH3].[CH3][Sb]([CH3])[CH2]c1ccccc1[CH2][Sb]([CH3])[CH3].[Ni][I]. The van der Waals surface area contributed by atoms with Gasteiger partial charge in [-0.3, -0.25) is 0 Å². The molecule has 0 aromatic heterocycles. The van der Waals surface area contributed by atoms with Crippen molar-refractivity contribution in [1.82, 2.24) is 0 Å². The first-order chi connectivity index (χ1) is 14.2. The van der Waals surface area contributed by atoms with Crippen LogP contribution in [0.3, 0.4) is 0 Å². The second-order valence-electron chi connectivity index (χ2n) is 8.49. The Hall–Kier alpha value is 2.94. The molecule has 0 aliphatic heterocycles. The van der Waals surface area contributed by atoms with Crippen LogP contribution in [0.15, 0.2) is 48.5 Å². The van der Waals surface area contributed by atoms with Crippen molar-refractivity contribution in [2.75, 3.05) is 0 Å². The zero-order chi connectivity index (χ0) is 23.1. The molecule has 2 rings (SSSR count). The summed E-state index contributed by atoms with van der Waals surface area (Å²) in [5.41, 5.74) is 6.66. The quantitative estimate of drug-likeness (QED) is 0.189. The van der Waals surface area contributed by atoms with E-state index in [1.807, 2.05) is 0 Å². The number of benzene rings is 2. The molecule has 0 N–H and O–H groups in total. The van der Waals surface area contributed by atoms with Gasteiger partial charge in [-0.2, -0.15) is 0 Å². The van der Waals surface area contributed by atoms with Crippen molar-refractivity contribution in [3.05, 3.63) is 70.8 Å². The van der Waals surface area contributed by atoms with Crippen molar-refractivity contribution in [2.45, 2.75) is 56.4 Å². The van der Waals surface area contributed by atoms with Gasteiger partial charge in [0.1, 0.15) is 0 Å². The van der Waals surface area contributed by atoms with Crippen LogP contribution in [0.1, 0.15) is 22.3 Å². The van der Waals surface area contributed by atoms with Gasteiger partial charge in [0.15, 0.2) is 0 Å². The zero-order valence-electron chi connectivity index (χ0n) is 19.9. The summed E-state index contributed by atoms with van der Waals surface area (Å²) in [6, 6.07) is 18.2. The summed E-state index contributed by atoms with van der Waals surface area (Å²) < 4.78 is 5.70. The Morgan fingerprint density at radius 2 is 0.633 bits per heavy atom. The molecule has 0 saturated carbocycles. The molecule has 30 heavy (non-hydrogen) atoms. The van der Waals surface area contributed by atoms with Crippen molar-refractivity contribution in [3.8, 4) is 0 Å².